The lowest BCUT2D eigenvalue weighted by Gasteiger charge is -2.35. The Kier molecular flexibility index (Phi) is 4.17. The average Bonchev–Trinajstić information content (AvgIpc) is 2.69. The first kappa shape index (κ1) is 13.3. The molecule has 1 aliphatic rings. The molecule has 4 nitrogen and oxygen atoms in total. The summed E-state index contributed by atoms with van der Waals surface area (Å²) in [6, 6.07) is 2.54. The van der Waals surface area contributed by atoms with Gasteiger partial charge in [0.25, 0.3) is 0 Å². The predicted molar refractivity (Wildman–Crippen MR) is 71.7 cm³/mol. The number of nitrogens with zero attached hydrogens (tertiary/aromatic N) is 3. The quantitative estimate of drug-likeness (QED) is 0.765. The molecule has 0 amide bonds. The normalized spacial score (nSPS) is 21.4. The monoisotopic (exact) mass is 249 g/mol. The smallest absolute Gasteiger partial charge is 0.168 e. The molecule has 1 fully saturated rings. The summed E-state index contributed by atoms with van der Waals surface area (Å²) in [5.74, 6) is 0.676. The second-order valence-electron chi connectivity index (χ2n) is 5.60. The molecule has 1 atom stereocenters. The van der Waals surface area contributed by atoms with E-state index in [9.17, 15) is 4.79 Å². The Morgan fingerprint density at radius 3 is 2.94 bits per heavy atom. The van der Waals surface area contributed by atoms with Crippen LogP contribution in [0.1, 0.15) is 42.9 Å². The van der Waals surface area contributed by atoms with Gasteiger partial charge in [0, 0.05) is 19.6 Å². The van der Waals surface area contributed by atoms with Crippen LogP contribution < -0.4 is 0 Å². The van der Waals surface area contributed by atoms with Crippen LogP contribution in [0.3, 0.4) is 0 Å². The maximum absolute atomic E-state index is 10.8. The van der Waals surface area contributed by atoms with Crippen molar-refractivity contribution in [3.63, 3.8) is 0 Å². The van der Waals surface area contributed by atoms with Crippen molar-refractivity contribution in [1.82, 2.24) is 14.7 Å². The van der Waals surface area contributed by atoms with Crippen molar-refractivity contribution >= 4 is 6.29 Å². The van der Waals surface area contributed by atoms with Crippen molar-refractivity contribution in [2.24, 2.45) is 13.0 Å². The zero-order valence-electron chi connectivity index (χ0n) is 11.6. The van der Waals surface area contributed by atoms with Crippen molar-refractivity contribution in [1.29, 1.82) is 0 Å². The van der Waals surface area contributed by atoms with Gasteiger partial charge in [-0.1, -0.05) is 0 Å². The number of carbonyl (C=O) groups is 1. The van der Waals surface area contributed by atoms with Gasteiger partial charge in [0.1, 0.15) is 5.69 Å². The standard InChI is InChI=1S/C14H23N3O/c1-11(2)17-6-4-5-12(9-17)7-13-8-14(10-18)16(3)15-13/h8,10-12H,4-7,9H2,1-3H3. The zero-order chi connectivity index (χ0) is 13.1. The molecule has 0 aliphatic carbocycles. The summed E-state index contributed by atoms with van der Waals surface area (Å²) >= 11 is 0. The lowest BCUT2D eigenvalue weighted by Crippen LogP contribution is -2.40. The summed E-state index contributed by atoms with van der Waals surface area (Å²) in [6.45, 7) is 6.89. The van der Waals surface area contributed by atoms with Crippen LogP contribution in [0.5, 0.6) is 0 Å². The Labute approximate surface area is 109 Å². The zero-order valence-corrected chi connectivity index (χ0v) is 11.6. The maximum atomic E-state index is 10.8. The van der Waals surface area contributed by atoms with Gasteiger partial charge in [-0.3, -0.25) is 9.48 Å². The molecule has 0 bridgehead atoms. The van der Waals surface area contributed by atoms with Crippen molar-refractivity contribution in [2.75, 3.05) is 13.1 Å². The first-order chi connectivity index (χ1) is 8.60. The van der Waals surface area contributed by atoms with Gasteiger partial charge in [-0.05, 0) is 51.6 Å². The van der Waals surface area contributed by atoms with E-state index < -0.39 is 0 Å². The van der Waals surface area contributed by atoms with Crippen molar-refractivity contribution in [2.45, 2.75) is 39.2 Å². The lowest BCUT2D eigenvalue weighted by atomic mass is 9.92. The molecule has 1 aliphatic heterocycles. The number of likely N-dealkylation sites (tertiary alicyclic amines) is 1. The van der Waals surface area contributed by atoms with Crippen LogP contribution >= 0.6 is 0 Å². The molecule has 2 rings (SSSR count). The number of hydrogen-bond acceptors (Lipinski definition) is 3. The Hall–Kier alpha value is -1.16. The van der Waals surface area contributed by atoms with Crippen LogP contribution in [-0.4, -0.2) is 40.1 Å². The van der Waals surface area contributed by atoms with Gasteiger partial charge in [-0.25, -0.2) is 0 Å². The molecule has 1 aromatic heterocycles. The van der Waals surface area contributed by atoms with E-state index >= 15 is 0 Å². The highest BCUT2D eigenvalue weighted by Crippen LogP contribution is 2.21. The molecular formula is C14H23N3O. The highest BCUT2D eigenvalue weighted by molar-refractivity contribution is 5.72. The Bertz CT molecular complexity index is 411. The van der Waals surface area contributed by atoms with Crippen LogP contribution in [0.25, 0.3) is 0 Å². The highest BCUT2D eigenvalue weighted by Gasteiger charge is 2.22. The minimum Gasteiger partial charge on any atom is -0.301 e. The summed E-state index contributed by atoms with van der Waals surface area (Å²) in [6.07, 6.45) is 4.41. The molecule has 100 valence electrons. The van der Waals surface area contributed by atoms with Gasteiger partial charge in [-0.15, -0.1) is 0 Å². The van der Waals surface area contributed by atoms with E-state index in [2.05, 4.69) is 23.8 Å². The molecule has 1 aromatic rings. The first-order valence-corrected chi connectivity index (χ1v) is 6.82. The van der Waals surface area contributed by atoms with Gasteiger partial charge in [0.05, 0.1) is 5.69 Å². The van der Waals surface area contributed by atoms with Gasteiger partial charge >= 0.3 is 0 Å². The third kappa shape index (κ3) is 2.99. The summed E-state index contributed by atoms with van der Waals surface area (Å²) in [5.41, 5.74) is 1.72. The van der Waals surface area contributed by atoms with E-state index in [-0.39, 0.29) is 0 Å². The first-order valence-electron chi connectivity index (χ1n) is 6.82. The van der Waals surface area contributed by atoms with Crippen LogP contribution in [0.15, 0.2) is 6.07 Å². The molecule has 18 heavy (non-hydrogen) atoms. The van der Waals surface area contributed by atoms with Gasteiger partial charge in [0.2, 0.25) is 0 Å². The molecule has 0 radical (unpaired) electrons. The molecule has 4 heteroatoms. The van der Waals surface area contributed by atoms with Crippen LogP contribution in [0, 0.1) is 5.92 Å². The second kappa shape index (κ2) is 5.65. The highest BCUT2D eigenvalue weighted by atomic mass is 16.1. The number of hydrogen-bond donors (Lipinski definition) is 0. The number of aryl methyl sites for hydroxylation is 1. The van der Waals surface area contributed by atoms with E-state index in [1.54, 1.807) is 4.68 Å². The fourth-order valence-corrected chi connectivity index (χ4v) is 2.78. The van der Waals surface area contributed by atoms with E-state index in [0.717, 1.165) is 24.9 Å². The fourth-order valence-electron chi connectivity index (χ4n) is 2.78. The summed E-state index contributed by atoms with van der Waals surface area (Å²) in [4.78, 5) is 13.3. The fraction of sp³-hybridized carbons (Fsp3) is 0.714. The van der Waals surface area contributed by atoms with Crippen LogP contribution in [0.4, 0.5) is 0 Å². The third-order valence-corrected chi connectivity index (χ3v) is 3.87. The van der Waals surface area contributed by atoms with E-state index in [1.165, 1.54) is 19.4 Å². The number of piperidine rings is 1. The SMILES string of the molecule is CC(C)N1CCCC(Cc2cc(C=O)n(C)n2)C1. The number of carbonyl (C=O) groups excluding carboxylic acids is 1. The molecule has 0 saturated carbocycles. The minimum atomic E-state index is 0.627. The van der Waals surface area contributed by atoms with Gasteiger partial charge in [-0.2, -0.15) is 5.10 Å². The molecule has 0 N–H and O–H groups in total. The summed E-state index contributed by atoms with van der Waals surface area (Å²) < 4.78 is 1.67. The summed E-state index contributed by atoms with van der Waals surface area (Å²) in [7, 11) is 1.83. The second-order valence-corrected chi connectivity index (χ2v) is 5.60. The largest absolute Gasteiger partial charge is 0.301 e. The molecule has 1 unspecified atom stereocenters. The Balaban J connectivity index is 1.98. The van der Waals surface area contributed by atoms with Gasteiger partial charge in [0.15, 0.2) is 6.29 Å². The lowest BCUT2D eigenvalue weighted by molar-refractivity contribution is 0.111. The number of aldehydes is 1. The third-order valence-electron chi connectivity index (χ3n) is 3.87. The molecule has 0 aromatic carbocycles. The predicted octanol–water partition coefficient (Wildman–Crippen LogP) is 1.90. The average molecular weight is 249 g/mol. The number of rotatable bonds is 4. The van der Waals surface area contributed by atoms with Crippen LogP contribution in [-0.2, 0) is 13.5 Å². The van der Waals surface area contributed by atoms with Gasteiger partial charge < -0.3 is 4.90 Å². The molecule has 0 spiro atoms. The van der Waals surface area contributed by atoms with Crippen LogP contribution in [0.2, 0.25) is 0 Å². The number of aromatic nitrogens is 2. The van der Waals surface area contributed by atoms with Crippen molar-refractivity contribution < 1.29 is 4.79 Å². The Morgan fingerprint density at radius 1 is 1.56 bits per heavy atom. The Morgan fingerprint density at radius 2 is 2.33 bits per heavy atom. The van der Waals surface area contributed by atoms with E-state index in [0.29, 0.717) is 17.7 Å². The molecular weight excluding hydrogens is 226 g/mol. The summed E-state index contributed by atoms with van der Waals surface area (Å²) in [5, 5.41) is 4.41. The van der Waals surface area contributed by atoms with E-state index in [1.807, 2.05) is 13.1 Å². The minimum absolute atomic E-state index is 0.627. The van der Waals surface area contributed by atoms with Crippen molar-refractivity contribution in [3.8, 4) is 0 Å². The molecule has 1 saturated heterocycles. The van der Waals surface area contributed by atoms with Crippen molar-refractivity contribution in [3.05, 3.63) is 17.5 Å². The topological polar surface area (TPSA) is 38.1 Å². The molecule has 2 heterocycles. The maximum Gasteiger partial charge on any atom is 0.168 e. The van der Waals surface area contributed by atoms with E-state index in [4.69, 9.17) is 0 Å².